The first-order chi connectivity index (χ1) is 8.99. The lowest BCUT2D eigenvalue weighted by molar-refractivity contribution is -0.385. The normalized spacial score (nSPS) is 10.4. The lowest BCUT2D eigenvalue weighted by Crippen LogP contribution is -2.01. The number of imidazole rings is 1. The van der Waals surface area contributed by atoms with Crippen LogP contribution in [0.3, 0.4) is 0 Å². The number of carboxylic acids is 1. The predicted molar refractivity (Wildman–Crippen MR) is 67.5 cm³/mol. The Morgan fingerprint density at radius 2 is 2.26 bits per heavy atom. The minimum Gasteiger partial charge on any atom is -0.478 e. The maximum atomic E-state index is 11.0. The van der Waals surface area contributed by atoms with Gasteiger partial charge in [0.1, 0.15) is 0 Å². The Morgan fingerprint density at radius 3 is 2.79 bits per heavy atom. The van der Waals surface area contributed by atoms with Crippen molar-refractivity contribution in [2.45, 2.75) is 17.0 Å². The minimum absolute atomic E-state index is 0.119. The Morgan fingerprint density at radius 1 is 1.53 bits per heavy atom. The summed E-state index contributed by atoms with van der Waals surface area (Å²) in [5.74, 6) is -1.20. The molecule has 0 aliphatic rings. The van der Waals surface area contributed by atoms with Gasteiger partial charge in [0.2, 0.25) is 0 Å². The van der Waals surface area contributed by atoms with Crippen molar-refractivity contribution in [2.24, 2.45) is 0 Å². The molecule has 0 atom stereocenters. The van der Waals surface area contributed by atoms with Gasteiger partial charge in [0, 0.05) is 28.9 Å². The van der Waals surface area contributed by atoms with Crippen molar-refractivity contribution in [3.8, 4) is 0 Å². The Labute approximate surface area is 111 Å². The highest BCUT2D eigenvalue weighted by Crippen LogP contribution is 2.34. The third-order valence-electron chi connectivity index (χ3n) is 2.46. The summed E-state index contributed by atoms with van der Waals surface area (Å²) in [5, 5.41) is 20.4. The van der Waals surface area contributed by atoms with Crippen LogP contribution in [0.5, 0.6) is 0 Å². The highest BCUT2D eigenvalue weighted by Gasteiger charge is 2.20. The van der Waals surface area contributed by atoms with E-state index in [0.717, 1.165) is 17.8 Å². The van der Waals surface area contributed by atoms with Gasteiger partial charge in [-0.05, 0) is 13.0 Å². The molecule has 1 aromatic heterocycles. The van der Waals surface area contributed by atoms with E-state index in [1.807, 2.05) is 0 Å². The number of aromatic nitrogens is 2. The molecule has 0 bridgehead atoms. The molecule has 7 nitrogen and oxygen atoms in total. The molecule has 0 spiro atoms. The fourth-order valence-corrected chi connectivity index (χ4v) is 2.40. The molecule has 0 radical (unpaired) electrons. The summed E-state index contributed by atoms with van der Waals surface area (Å²) in [5.41, 5.74) is 0.0803. The molecule has 0 aliphatic heterocycles. The lowest BCUT2D eigenvalue weighted by Gasteiger charge is -2.06. The van der Waals surface area contributed by atoms with Gasteiger partial charge in [0.25, 0.3) is 5.69 Å². The molecule has 1 heterocycles. The number of carboxylic acid groups (broad SMARTS) is 1. The number of hydrogen-bond acceptors (Lipinski definition) is 5. The number of H-pyrrole nitrogens is 1. The second-order valence-corrected chi connectivity index (χ2v) is 4.71. The topological polar surface area (TPSA) is 109 Å². The van der Waals surface area contributed by atoms with E-state index in [-0.39, 0.29) is 11.3 Å². The first-order valence-electron chi connectivity index (χ1n) is 5.18. The highest BCUT2D eigenvalue weighted by molar-refractivity contribution is 7.99. The number of nitrogens with one attached hydrogen (secondary N) is 1. The van der Waals surface area contributed by atoms with E-state index in [9.17, 15) is 14.9 Å². The van der Waals surface area contributed by atoms with E-state index in [1.54, 1.807) is 19.3 Å². The zero-order valence-corrected chi connectivity index (χ0v) is 10.6. The lowest BCUT2D eigenvalue weighted by atomic mass is 10.1. The van der Waals surface area contributed by atoms with Crippen molar-refractivity contribution in [1.82, 2.24) is 9.97 Å². The summed E-state index contributed by atoms with van der Waals surface area (Å²) < 4.78 is 0. The van der Waals surface area contributed by atoms with E-state index in [0.29, 0.717) is 15.6 Å². The molecule has 0 saturated heterocycles. The van der Waals surface area contributed by atoms with Gasteiger partial charge in [-0.3, -0.25) is 10.1 Å². The molecule has 8 heteroatoms. The number of benzene rings is 1. The number of carbonyl (C=O) groups is 1. The first-order valence-corrected chi connectivity index (χ1v) is 6.00. The van der Waals surface area contributed by atoms with Crippen molar-refractivity contribution in [2.75, 3.05) is 0 Å². The van der Waals surface area contributed by atoms with Gasteiger partial charge in [-0.25, -0.2) is 9.78 Å². The third kappa shape index (κ3) is 2.74. The molecule has 0 unspecified atom stereocenters. The molecule has 0 aliphatic carbocycles. The van der Waals surface area contributed by atoms with Gasteiger partial charge in [0.15, 0.2) is 5.16 Å². The molecule has 19 heavy (non-hydrogen) atoms. The summed E-state index contributed by atoms with van der Waals surface area (Å²) in [6.45, 7) is 1.58. The van der Waals surface area contributed by atoms with E-state index in [2.05, 4.69) is 9.97 Å². The second-order valence-electron chi connectivity index (χ2n) is 3.68. The summed E-state index contributed by atoms with van der Waals surface area (Å²) in [7, 11) is 0. The molecule has 2 N–H and O–H groups in total. The largest absolute Gasteiger partial charge is 0.478 e. The van der Waals surface area contributed by atoms with Gasteiger partial charge in [0.05, 0.1) is 10.5 Å². The Kier molecular flexibility index (Phi) is 3.52. The second kappa shape index (κ2) is 5.11. The standard InChI is InChI=1S/C11H9N3O4S/c1-6-8(14(17)18)4-7(10(15)16)5-9(6)19-11-12-2-3-13-11/h2-5H,1H3,(H,12,13)(H,15,16). The average molecular weight is 279 g/mol. The SMILES string of the molecule is Cc1c(Sc2ncc[nH]2)cc(C(=O)O)cc1[N+](=O)[O-]. The molecule has 0 saturated carbocycles. The Hall–Kier alpha value is -2.35. The average Bonchev–Trinajstić information content (AvgIpc) is 2.83. The van der Waals surface area contributed by atoms with Gasteiger partial charge < -0.3 is 10.1 Å². The van der Waals surface area contributed by atoms with Crippen LogP contribution in [0, 0.1) is 17.0 Å². The smallest absolute Gasteiger partial charge is 0.335 e. The Balaban J connectivity index is 2.52. The monoisotopic (exact) mass is 279 g/mol. The fraction of sp³-hybridized carbons (Fsp3) is 0.0909. The maximum Gasteiger partial charge on any atom is 0.335 e. The number of hydrogen-bond donors (Lipinski definition) is 2. The molecule has 1 aromatic carbocycles. The molecular formula is C11H9N3O4S. The fourth-order valence-electron chi connectivity index (χ4n) is 1.50. The number of nitro benzene ring substituents is 1. The summed E-state index contributed by atoms with van der Waals surface area (Å²) in [6, 6.07) is 2.46. The van der Waals surface area contributed by atoms with Crippen LogP contribution in [0.15, 0.2) is 34.6 Å². The van der Waals surface area contributed by atoms with Gasteiger partial charge in [-0.15, -0.1) is 0 Å². The number of aromatic carboxylic acids is 1. The summed E-state index contributed by atoms with van der Waals surface area (Å²) in [6.07, 6.45) is 3.17. The van der Waals surface area contributed by atoms with Crippen LogP contribution in [0.1, 0.15) is 15.9 Å². The van der Waals surface area contributed by atoms with Gasteiger partial charge in [-0.2, -0.15) is 0 Å². The summed E-state index contributed by atoms with van der Waals surface area (Å²) >= 11 is 1.15. The zero-order valence-electron chi connectivity index (χ0n) is 9.78. The van der Waals surface area contributed by atoms with Crippen LogP contribution in [-0.2, 0) is 0 Å². The van der Waals surface area contributed by atoms with Crippen LogP contribution in [-0.4, -0.2) is 26.0 Å². The predicted octanol–water partition coefficient (Wildman–Crippen LogP) is 2.48. The number of nitrogens with zero attached hydrogens (tertiary/aromatic N) is 2. The number of nitro groups is 1. The van der Waals surface area contributed by atoms with Crippen LogP contribution in [0.2, 0.25) is 0 Å². The van der Waals surface area contributed by atoms with Crippen molar-refractivity contribution >= 4 is 23.4 Å². The van der Waals surface area contributed by atoms with Crippen LogP contribution in [0.4, 0.5) is 5.69 Å². The third-order valence-corrected chi connectivity index (χ3v) is 3.52. The highest BCUT2D eigenvalue weighted by atomic mass is 32.2. The number of rotatable bonds is 4. The molecule has 98 valence electrons. The van der Waals surface area contributed by atoms with Crippen LogP contribution in [0.25, 0.3) is 0 Å². The molecule has 0 fully saturated rings. The van der Waals surface area contributed by atoms with Gasteiger partial charge >= 0.3 is 5.97 Å². The molecule has 2 rings (SSSR count). The van der Waals surface area contributed by atoms with E-state index < -0.39 is 10.9 Å². The maximum absolute atomic E-state index is 11.0. The molecule has 2 aromatic rings. The van der Waals surface area contributed by atoms with E-state index in [1.165, 1.54) is 6.07 Å². The molecule has 0 amide bonds. The van der Waals surface area contributed by atoms with Crippen molar-refractivity contribution in [1.29, 1.82) is 0 Å². The van der Waals surface area contributed by atoms with Crippen molar-refractivity contribution < 1.29 is 14.8 Å². The van der Waals surface area contributed by atoms with Crippen molar-refractivity contribution in [3.05, 3.63) is 45.8 Å². The van der Waals surface area contributed by atoms with E-state index in [4.69, 9.17) is 5.11 Å². The van der Waals surface area contributed by atoms with E-state index >= 15 is 0 Å². The van der Waals surface area contributed by atoms with Crippen LogP contribution >= 0.6 is 11.8 Å². The Bertz CT molecular complexity index is 640. The number of aromatic amines is 1. The van der Waals surface area contributed by atoms with Crippen LogP contribution < -0.4 is 0 Å². The first kappa shape index (κ1) is 13.1. The molecular weight excluding hydrogens is 270 g/mol. The zero-order chi connectivity index (χ0) is 14.0. The quantitative estimate of drug-likeness (QED) is 0.657. The minimum atomic E-state index is -1.20. The van der Waals surface area contributed by atoms with Gasteiger partial charge in [-0.1, -0.05) is 11.8 Å². The summed E-state index contributed by atoms with van der Waals surface area (Å²) in [4.78, 5) is 28.7. The van der Waals surface area contributed by atoms with Crippen molar-refractivity contribution in [3.63, 3.8) is 0 Å².